The first-order valence-electron chi connectivity index (χ1n) is 7.76. The number of benzene rings is 1. The Morgan fingerprint density at radius 1 is 1.22 bits per heavy atom. The molecule has 4 rings (SSSR count). The third kappa shape index (κ3) is 2.47. The van der Waals surface area contributed by atoms with Gasteiger partial charge in [-0.25, -0.2) is 9.97 Å². The van der Waals surface area contributed by atoms with E-state index in [-0.39, 0.29) is 0 Å². The number of rotatable bonds is 4. The molecule has 0 radical (unpaired) electrons. The molecule has 4 aromatic rings. The second-order valence-corrected chi connectivity index (χ2v) is 6.82. The first-order chi connectivity index (χ1) is 11.2. The Morgan fingerprint density at radius 3 is 2.87 bits per heavy atom. The van der Waals surface area contributed by atoms with Crippen molar-refractivity contribution in [1.29, 1.82) is 0 Å². The molecule has 0 saturated heterocycles. The molecule has 1 aromatic carbocycles. The van der Waals surface area contributed by atoms with Crippen molar-refractivity contribution in [1.82, 2.24) is 14.4 Å². The predicted molar refractivity (Wildman–Crippen MR) is 97.1 cm³/mol. The summed E-state index contributed by atoms with van der Waals surface area (Å²) in [7, 11) is 0. The van der Waals surface area contributed by atoms with E-state index in [1.807, 2.05) is 24.4 Å². The van der Waals surface area contributed by atoms with Gasteiger partial charge >= 0.3 is 0 Å². The maximum absolute atomic E-state index is 4.78. The molecule has 0 atom stereocenters. The molecule has 0 unspecified atom stereocenters. The number of hydrogen-bond donors (Lipinski definition) is 1. The van der Waals surface area contributed by atoms with Crippen molar-refractivity contribution in [2.75, 3.05) is 11.9 Å². The van der Waals surface area contributed by atoms with Crippen LogP contribution in [0, 0.1) is 5.92 Å². The van der Waals surface area contributed by atoms with Crippen molar-refractivity contribution < 1.29 is 0 Å². The standard InChI is InChI=1S/C18H18N4S/c1-12(2)9-19-17-18-20-10-16(13-7-8-23-11-13)22(18)15-6-4-3-5-14(15)21-17/h3-8,10-12H,9H2,1-2H3,(H,19,21). The Balaban J connectivity index is 2.00. The van der Waals surface area contributed by atoms with Gasteiger partial charge in [0.1, 0.15) is 0 Å². The molecule has 0 aliphatic rings. The number of nitrogens with zero attached hydrogens (tertiary/aromatic N) is 3. The minimum Gasteiger partial charge on any atom is -0.367 e. The molecule has 0 bridgehead atoms. The Morgan fingerprint density at radius 2 is 2.09 bits per heavy atom. The van der Waals surface area contributed by atoms with Crippen molar-refractivity contribution in [2.24, 2.45) is 5.92 Å². The van der Waals surface area contributed by atoms with Gasteiger partial charge in [-0.05, 0) is 29.5 Å². The summed E-state index contributed by atoms with van der Waals surface area (Å²) in [6, 6.07) is 10.3. The topological polar surface area (TPSA) is 42.2 Å². The lowest BCUT2D eigenvalue weighted by Gasteiger charge is -2.12. The summed E-state index contributed by atoms with van der Waals surface area (Å²) in [5.74, 6) is 1.40. The molecule has 1 N–H and O–H groups in total. The van der Waals surface area contributed by atoms with E-state index in [1.54, 1.807) is 11.3 Å². The van der Waals surface area contributed by atoms with Crippen LogP contribution in [0.2, 0.25) is 0 Å². The van der Waals surface area contributed by atoms with Gasteiger partial charge in [-0.1, -0.05) is 26.0 Å². The molecule has 0 spiro atoms. The lowest BCUT2D eigenvalue weighted by Crippen LogP contribution is -2.11. The lowest BCUT2D eigenvalue weighted by molar-refractivity contribution is 0.687. The number of anilines is 1. The molecule has 0 fully saturated rings. The fourth-order valence-corrected chi connectivity index (χ4v) is 3.36. The Kier molecular flexibility index (Phi) is 3.50. The number of aromatic nitrogens is 3. The first-order valence-corrected chi connectivity index (χ1v) is 8.71. The zero-order valence-corrected chi connectivity index (χ0v) is 14.0. The van der Waals surface area contributed by atoms with Gasteiger partial charge in [0.05, 0.1) is 22.9 Å². The summed E-state index contributed by atoms with van der Waals surface area (Å²) < 4.78 is 2.20. The van der Waals surface area contributed by atoms with Crippen molar-refractivity contribution in [3.63, 3.8) is 0 Å². The summed E-state index contributed by atoms with van der Waals surface area (Å²) in [6.07, 6.45) is 1.94. The first kappa shape index (κ1) is 14.2. The van der Waals surface area contributed by atoms with Gasteiger partial charge in [0.2, 0.25) is 0 Å². The summed E-state index contributed by atoms with van der Waals surface area (Å²) in [5, 5.41) is 7.69. The van der Waals surface area contributed by atoms with Crippen LogP contribution in [0.1, 0.15) is 13.8 Å². The SMILES string of the molecule is CC(C)CNc1nc2ccccc2n2c(-c3ccsc3)cnc12. The van der Waals surface area contributed by atoms with E-state index >= 15 is 0 Å². The van der Waals surface area contributed by atoms with Crippen LogP contribution in [0.3, 0.4) is 0 Å². The zero-order chi connectivity index (χ0) is 15.8. The van der Waals surface area contributed by atoms with Crippen LogP contribution in [0.5, 0.6) is 0 Å². The summed E-state index contributed by atoms with van der Waals surface area (Å²) in [4.78, 5) is 9.42. The fourth-order valence-electron chi connectivity index (χ4n) is 2.71. The van der Waals surface area contributed by atoms with E-state index in [0.29, 0.717) is 5.92 Å². The molecule has 0 saturated carbocycles. The van der Waals surface area contributed by atoms with Crippen LogP contribution in [-0.2, 0) is 0 Å². The number of nitrogens with one attached hydrogen (secondary N) is 1. The summed E-state index contributed by atoms with van der Waals surface area (Å²) in [5.41, 5.74) is 5.23. The highest BCUT2D eigenvalue weighted by Crippen LogP contribution is 2.29. The van der Waals surface area contributed by atoms with Crippen LogP contribution < -0.4 is 5.32 Å². The monoisotopic (exact) mass is 322 g/mol. The highest BCUT2D eigenvalue weighted by atomic mass is 32.1. The van der Waals surface area contributed by atoms with Crippen molar-refractivity contribution in [2.45, 2.75) is 13.8 Å². The van der Waals surface area contributed by atoms with Gasteiger partial charge in [-0.3, -0.25) is 4.40 Å². The lowest BCUT2D eigenvalue weighted by atomic mass is 10.2. The highest BCUT2D eigenvalue weighted by Gasteiger charge is 2.14. The molecule has 0 aliphatic heterocycles. The average Bonchev–Trinajstić information content (AvgIpc) is 3.21. The van der Waals surface area contributed by atoms with E-state index in [9.17, 15) is 0 Å². The molecule has 4 nitrogen and oxygen atoms in total. The molecular formula is C18H18N4S. The van der Waals surface area contributed by atoms with Crippen LogP contribution in [0.4, 0.5) is 5.82 Å². The maximum Gasteiger partial charge on any atom is 0.181 e. The van der Waals surface area contributed by atoms with Crippen LogP contribution in [0.25, 0.3) is 27.9 Å². The smallest absolute Gasteiger partial charge is 0.181 e. The largest absolute Gasteiger partial charge is 0.367 e. The van der Waals surface area contributed by atoms with Gasteiger partial charge in [0, 0.05) is 17.5 Å². The van der Waals surface area contributed by atoms with Gasteiger partial charge in [0.25, 0.3) is 0 Å². The van der Waals surface area contributed by atoms with Crippen LogP contribution in [-0.4, -0.2) is 20.9 Å². The second-order valence-electron chi connectivity index (χ2n) is 6.04. The number of fused-ring (bicyclic) bond motifs is 3. The third-order valence-electron chi connectivity index (χ3n) is 3.82. The third-order valence-corrected chi connectivity index (χ3v) is 4.51. The Labute approximate surface area is 138 Å². The highest BCUT2D eigenvalue weighted by molar-refractivity contribution is 7.08. The van der Waals surface area contributed by atoms with E-state index in [4.69, 9.17) is 4.98 Å². The zero-order valence-electron chi connectivity index (χ0n) is 13.2. The second kappa shape index (κ2) is 5.66. The van der Waals surface area contributed by atoms with Crippen LogP contribution in [0.15, 0.2) is 47.3 Å². The van der Waals surface area contributed by atoms with Gasteiger partial charge < -0.3 is 5.32 Å². The maximum atomic E-state index is 4.78. The van der Waals surface area contributed by atoms with E-state index in [2.05, 4.69) is 51.4 Å². The number of imidazole rings is 1. The molecule has 3 heterocycles. The normalized spacial score (nSPS) is 11.6. The molecule has 23 heavy (non-hydrogen) atoms. The summed E-state index contributed by atoms with van der Waals surface area (Å²) >= 11 is 1.70. The average molecular weight is 322 g/mol. The van der Waals surface area contributed by atoms with Crippen molar-refractivity contribution in [3.8, 4) is 11.3 Å². The van der Waals surface area contributed by atoms with E-state index in [1.165, 1.54) is 5.56 Å². The van der Waals surface area contributed by atoms with Crippen molar-refractivity contribution >= 4 is 33.8 Å². The van der Waals surface area contributed by atoms with E-state index < -0.39 is 0 Å². The Bertz CT molecular complexity index is 954. The van der Waals surface area contributed by atoms with Gasteiger partial charge in [0.15, 0.2) is 11.5 Å². The Hall–Kier alpha value is -2.40. The molecule has 0 aliphatic carbocycles. The summed E-state index contributed by atoms with van der Waals surface area (Å²) in [6.45, 7) is 5.25. The van der Waals surface area contributed by atoms with E-state index in [0.717, 1.165) is 34.7 Å². The minimum absolute atomic E-state index is 0.551. The molecule has 3 aromatic heterocycles. The van der Waals surface area contributed by atoms with Crippen molar-refractivity contribution in [3.05, 3.63) is 47.3 Å². The number of thiophene rings is 1. The molecule has 0 amide bonds. The van der Waals surface area contributed by atoms with Gasteiger partial charge in [-0.2, -0.15) is 11.3 Å². The predicted octanol–water partition coefficient (Wildman–Crippen LogP) is 4.68. The van der Waals surface area contributed by atoms with Gasteiger partial charge in [-0.15, -0.1) is 0 Å². The number of hydrogen-bond acceptors (Lipinski definition) is 4. The minimum atomic E-state index is 0.551. The molecule has 5 heteroatoms. The molecule has 116 valence electrons. The molecular weight excluding hydrogens is 304 g/mol. The number of para-hydroxylation sites is 2. The quantitative estimate of drug-likeness (QED) is 0.593. The fraction of sp³-hybridized carbons (Fsp3) is 0.222. The van der Waals surface area contributed by atoms with Crippen LogP contribution >= 0.6 is 11.3 Å².